The standard InChI is InChI=1S/C16H22N6O8S/c1-6-29-16(24)30-13-9(2)22(3)20-10(13)8-31(25,26)21-15(23)19-14-17-11(27-4)7-12(18-14)28-5/h7H,6,8H2,1-5H3,(H2,17,18,19,21,23). The Hall–Kier alpha value is -3.62. The van der Waals surface area contributed by atoms with Gasteiger partial charge in [0, 0.05) is 7.05 Å². The van der Waals surface area contributed by atoms with Gasteiger partial charge in [-0.05, 0) is 13.8 Å². The van der Waals surface area contributed by atoms with Crippen LogP contribution < -0.4 is 24.2 Å². The molecule has 170 valence electrons. The molecule has 0 aromatic carbocycles. The van der Waals surface area contributed by atoms with E-state index in [1.54, 1.807) is 18.6 Å². The number of urea groups is 1. The molecule has 0 saturated heterocycles. The Balaban J connectivity index is 2.14. The van der Waals surface area contributed by atoms with E-state index >= 15 is 0 Å². The molecule has 2 rings (SSSR count). The summed E-state index contributed by atoms with van der Waals surface area (Å²) >= 11 is 0. The lowest BCUT2D eigenvalue weighted by atomic mass is 10.3. The summed E-state index contributed by atoms with van der Waals surface area (Å²) in [7, 11) is -0.0124. The van der Waals surface area contributed by atoms with Crippen LogP contribution in [0.4, 0.5) is 15.5 Å². The van der Waals surface area contributed by atoms with Crippen LogP contribution in [-0.4, -0.2) is 61.2 Å². The van der Waals surface area contributed by atoms with Gasteiger partial charge in [-0.15, -0.1) is 0 Å². The van der Waals surface area contributed by atoms with Crippen molar-refractivity contribution >= 4 is 28.2 Å². The Labute approximate surface area is 177 Å². The number of aryl methyl sites for hydroxylation is 1. The van der Waals surface area contributed by atoms with E-state index < -0.39 is 28.0 Å². The number of sulfonamides is 1. The second kappa shape index (κ2) is 9.92. The summed E-state index contributed by atoms with van der Waals surface area (Å²) in [6.07, 6.45) is -1.01. The van der Waals surface area contributed by atoms with Crippen LogP contribution in [0.2, 0.25) is 0 Å². The van der Waals surface area contributed by atoms with Gasteiger partial charge in [-0.1, -0.05) is 0 Å². The predicted molar refractivity (Wildman–Crippen MR) is 106 cm³/mol. The normalized spacial score (nSPS) is 10.9. The number of hydrogen-bond acceptors (Lipinski definition) is 11. The van der Waals surface area contributed by atoms with Gasteiger partial charge < -0.3 is 18.9 Å². The van der Waals surface area contributed by atoms with Crippen molar-refractivity contribution in [3.8, 4) is 17.5 Å². The van der Waals surface area contributed by atoms with Crippen LogP contribution in [0.1, 0.15) is 18.3 Å². The zero-order chi connectivity index (χ0) is 23.2. The van der Waals surface area contributed by atoms with Crippen LogP contribution in [0.5, 0.6) is 17.5 Å². The largest absolute Gasteiger partial charge is 0.513 e. The number of aromatic nitrogens is 4. The van der Waals surface area contributed by atoms with Crippen molar-refractivity contribution in [2.24, 2.45) is 7.05 Å². The summed E-state index contributed by atoms with van der Waals surface area (Å²) in [5, 5.41) is 6.19. The van der Waals surface area contributed by atoms with Crippen LogP contribution in [0.25, 0.3) is 0 Å². The average Bonchev–Trinajstić information content (AvgIpc) is 2.93. The molecule has 0 aliphatic rings. The Morgan fingerprint density at radius 3 is 2.32 bits per heavy atom. The Morgan fingerprint density at radius 1 is 1.16 bits per heavy atom. The van der Waals surface area contributed by atoms with E-state index in [2.05, 4.69) is 20.4 Å². The fourth-order valence-electron chi connectivity index (χ4n) is 2.27. The maximum Gasteiger partial charge on any atom is 0.513 e. The number of nitrogens with zero attached hydrogens (tertiary/aromatic N) is 4. The third kappa shape index (κ3) is 6.43. The van der Waals surface area contributed by atoms with Gasteiger partial charge in [0.15, 0.2) is 5.75 Å². The smallest absolute Gasteiger partial charge is 0.481 e. The Morgan fingerprint density at radius 2 is 1.77 bits per heavy atom. The molecular formula is C16H22N6O8S. The zero-order valence-electron chi connectivity index (χ0n) is 17.5. The van der Waals surface area contributed by atoms with E-state index in [1.807, 2.05) is 0 Å². The van der Waals surface area contributed by atoms with E-state index in [9.17, 15) is 18.0 Å². The number of anilines is 1. The summed E-state index contributed by atoms with van der Waals surface area (Å²) in [6, 6.07) is 0.240. The van der Waals surface area contributed by atoms with Gasteiger partial charge in [0.2, 0.25) is 27.7 Å². The number of ether oxygens (including phenoxy) is 4. The molecule has 2 N–H and O–H groups in total. The summed E-state index contributed by atoms with van der Waals surface area (Å²) in [4.78, 5) is 31.5. The molecule has 2 aromatic heterocycles. The minimum Gasteiger partial charge on any atom is -0.481 e. The first-order valence-corrected chi connectivity index (χ1v) is 10.4. The number of carbonyl (C=O) groups excluding carboxylic acids is 2. The maximum atomic E-state index is 12.4. The zero-order valence-corrected chi connectivity index (χ0v) is 18.3. The minimum absolute atomic E-state index is 0.0740. The minimum atomic E-state index is -4.25. The number of rotatable bonds is 8. The maximum absolute atomic E-state index is 12.4. The van der Waals surface area contributed by atoms with Crippen molar-refractivity contribution < 1.29 is 37.0 Å². The van der Waals surface area contributed by atoms with Gasteiger partial charge in [-0.3, -0.25) is 10.00 Å². The fraction of sp³-hybridized carbons (Fsp3) is 0.438. The Kier molecular flexibility index (Phi) is 7.57. The SMILES string of the molecule is CCOC(=O)Oc1c(CS(=O)(=O)NC(=O)Nc2nc(OC)cc(OC)n2)nn(C)c1C. The summed E-state index contributed by atoms with van der Waals surface area (Å²) < 4.78 is 47.7. The van der Waals surface area contributed by atoms with Crippen LogP contribution in [0.15, 0.2) is 6.07 Å². The van der Waals surface area contributed by atoms with E-state index in [4.69, 9.17) is 18.9 Å². The lowest BCUT2D eigenvalue weighted by Gasteiger charge is -2.09. The second-order valence-electron chi connectivity index (χ2n) is 5.86. The molecule has 0 fully saturated rings. The van der Waals surface area contributed by atoms with E-state index in [1.165, 1.54) is 32.0 Å². The van der Waals surface area contributed by atoms with Crippen molar-refractivity contribution in [1.82, 2.24) is 24.5 Å². The monoisotopic (exact) mass is 458 g/mol. The summed E-state index contributed by atoms with van der Waals surface area (Å²) in [5.74, 6) is -0.889. The van der Waals surface area contributed by atoms with Crippen molar-refractivity contribution in [3.63, 3.8) is 0 Å². The molecule has 15 heteroatoms. The van der Waals surface area contributed by atoms with Gasteiger partial charge in [-0.25, -0.2) is 22.7 Å². The highest BCUT2D eigenvalue weighted by atomic mass is 32.2. The van der Waals surface area contributed by atoms with E-state index in [0.717, 1.165) is 0 Å². The van der Waals surface area contributed by atoms with Gasteiger partial charge in [-0.2, -0.15) is 15.1 Å². The first-order chi connectivity index (χ1) is 14.6. The highest BCUT2D eigenvalue weighted by Crippen LogP contribution is 2.25. The summed E-state index contributed by atoms with van der Waals surface area (Å²) in [6.45, 7) is 3.24. The lowest BCUT2D eigenvalue weighted by Crippen LogP contribution is -2.35. The number of methoxy groups -OCH3 is 2. The van der Waals surface area contributed by atoms with Crippen molar-refractivity contribution in [1.29, 1.82) is 0 Å². The third-order valence-corrected chi connectivity index (χ3v) is 4.84. The molecule has 0 spiro atoms. The van der Waals surface area contributed by atoms with Crippen LogP contribution >= 0.6 is 0 Å². The first kappa shape index (κ1) is 23.7. The molecule has 0 bridgehead atoms. The molecule has 31 heavy (non-hydrogen) atoms. The Bertz CT molecular complexity index is 1050. The van der Waals surface area contributed by atoms with Crippen molar-refractivity contribution in [3.05, 3.63) is 17.5 Å². The van der Waals surface area contributed by atoms with Crippen LogP contribution in [0, 0.1) is 6.92 Å². The molecule has 0 unspecified atom stereocenters. The third-order valence-electron chi connectivity index (χ3n) is 3.69. The molecule has 2 heterocycles. The molecule has 2 aromatic rings. The van der Waals surface area contributed by atoms with Gasteiger partial charge in [0.25, 0.3) is 0 Å². The molecule has 0 aliphatic heterocycles. The van der Waals surface area contributed by atoms with Crippen LogP contribution in [-0.2, 0) is 27.6 Å². The number of carbonyl (C=O) groups is 2. The van der Waals surface area contributed by atoms with Crippen molar-refractivity contribution in [2.75, 3.05) is 26.1 Å². The van der Waals surface area contributed by atoms with Gasteiger partial charge in [0.1, 0.15) is 11.4 Å². The topological polar surface area (TPSA) is 173 Å². The number of nitrogens with one attached hydrogen (secondary N) is 2. The fourth-order valence-corrected chi connectivity index (χ4v) is 3.22. The molecule has 0 atom stereocenters. The lowest BCUT2D eigenvalue weighted by molar-refractivity contribution is 0.103. The second-order valence-corrected chi connectivity index (χ2v) is 7.58. The molecule has 0 radical (unpaired) electrons. The predicted octanol–water partition coefficient (Wildman–Crippen LogP) is 0.723. The molecule has 14 nitrogen and oxygen atoms in total. The molecular weight excluding hydrogens is 436 g/mol. The van der Waals surface area contributed by atoms with Crippen molar-refractivity contribution in [2.45, 2.75) is 19.6 Å². The quantitative estimate of drug-likeness (QED) is 0.534. The molecule has 0 saturated carbocycles. The number of amides is 2. The van der Waals surface area contributed by atoms with E-state index in [-0.39, 0.29) is 35.8 Å². The van der Waals surface area contributed by atoms with Gasteiger partial charge in [0.05, 0.1) is 32.6 Å². The molecule has 0 aliphatic carbocycles. The number of hydrogen-bond donors (Lipinski definition) is 2. The van der Waals surface area contributed by atoms with E-state index in [0.29, 0.717) is 5.69 Å². The van der Waals surface area contributed by atoms with Gasteiger partial charge >= 0.3 is 12.2 Å². The molecule has 2 amide bonds. The summed E-state index contributed by atoms with van der Waals surface area (Å²) in [5.41, 5.74) is 0.298. The first-order valence-electron chi connectivity index (χ1n) is 8.74. The highest BCUT2D eigenvalue weighted by Gasteiger charge is 2.25. The highest BCUT2D eigenvalue weighted by molar-refractivity contribution is 7.89. The van der Waals surface area contributed by atoms with Crippen LogP contribution in [0.3, 0.4) is 0 Å². The average molecular weight is 458 g/mol.